The van der Waals surface area contributed by atoms with Crippen LogP contribution < -0.4 is 11.3 Å². The van der Waals surface area contributed by atoms with E-state index in [9.17, 15) is 4.79 Å². The Morgan fingerprint density at radius 2 is 2.26 bits per heavy atom. The summed E-state index contributed by atoms with van der Waals surface area (Å²) in [6, 6.07) is 0. The highest BCUT2D eigenvalue weighted by Gasteiger charge is 2.31. The van der Waals surface area contributed by atoms with Crippen molar-refractivity contribution in [3.8, 4) is 0 Å². The van der Waals surface area contributed by atoms with Gasteiger partial charge in [-0.25, -0.2) is 4.98 Å². The third-order valence-electron chi connectivity index (χ3n) is 4.86. The lowest BCUT2D eigenvalue weighted by molar-refractivity contribution is 0.218. The minimum absolute atomic E-state index is 0.0537. The highest BCUT2D eigenvalue weighted by atomic mass is 32.1. The van der Waals surface area contributed by atoms with Gasteiger partial charge >= 0.3 is 0 Å². The van der Waals surface area contributed by atoms with Gasteiger partial charge in [-0.05, 0) is 36.2 Å². The van der Waals surface area contributed by atoms with E-state index in [1.165, 1.54) is 10.4 Å². The quantitative estimate of drug-likeness (QED) is 0.864. The van der Waals surface area contributed by atoms with Crippen molar-refractivity contribution in [2.45, 2.75) is 53.0 Å². The zero-order valence-electron chi connectivity index (χ0n) is 13.9. The molecule has 0 spiro atoms. The number of aromatic nitrogens is 2. The van der Waals surface area contributed by atoms with Crippen LogP contribution in [-0.4, -0.2) is 14.5 Å². The van der Waals surface area contributed by atoms with Gasteiger partial charge in [-0.2, -0.15) is 0 Å². The first kappa shape index (κ1) is 16.6. The molecule has 23 heavy (non-hydrogen) atoms. The molecule has 0 radical (unpaired) electrons. The topological polar surface area (TPSA) is 60.9 Å². The van der Waals surface area contributed by atoms with Gasteiger partial charge in [-0.3, -0.25) is 9.36 Å². The average molecular weight is 350 g/mol. The van der Waals surface area contributed by atoms with E-state index in [1.807, 2.05) is 0 Å². The van der Waals surface area contributed by atoms with E-state index < -0.39 is 0 Å². The van der Waals surface area contributed by atoms with Crippen LogP contribution in [-0.2, 0) is 19.4 Å². The number of rotatable bonds is 3. The molecule has 2 aromatic heterocycles. The van der Waals surface area contributed by atoms with Crippen molar-refractivity contribution < 1.29 is 0 Å². The molecule has 124 valence electrons. The zero-order valence-corrected chi connectivity index (χ0v) is 15.5. The van der Waals surface area contributed by atoms with Gasteiger partial charge in [0.15, 0.2) is 0 Å². The molecule has 0 aliphatic heterocycles. The molecule has 0 bridgehead atoms. The van der Waals surface area contributed by atoms with Gasteiger partial charge < -0.3 is 5.73 Å². The van der Waals surface area contributed by atoms with Crippen molar-refractivity contribution in [2.24, 2.45) is 17.1 Å². The van der Waals surface area contributed by atoms with Crippen LogP contribution in [0.2, 0.25) is 0 Å². The average Bonchev–Trinajstić information content (AvgIpc) is 2.83. The van der Waals surface area contributed by atoms with Crippen LogP contribution in [0.25, 0.3) is 10.2 Å². The summed E-state index contributed by atoms with van der Waals surface area (Å²) in [6.07, 6.45) is 5.34. The molecular formula is C17H23N3OS2. The fourth-order valence-corrected chi connectivity index (χ4v) is 4.68. The summed E-state index contributed by atoms with van der Waals surface area (Å²) in [5, 5.41) is 0.822. The fourth-order valence-electron chi connectivity index (χ4n) is 3.33. The predicted molar refractivity (Wildman–Crippen MR) is 100 cm³/mol. The van der Waals surface area contributed by atoms with Crippen molar-refractivity contribution >= 4 is 38.8 Å². The van der Waals surface area contributed by atoms with Crippen LogP contribution in [0.3, 0.4) is 0 Å². The minimum Gasteiger partial charge on any atom is -0.393 e. The molecule has 2 heterocycles. The fraction of sp³-hybridized carbons (Fsp3) is 0.588. The van der Waals surface area contributed by atoms with Crippen LogP contribution >= 0.6 is 23.6 Å². The molecule has 0 saturated heterocycles. The minimum atomic E-state index is 0.0537. The first-order valence-electron chi connectivity index (χ1n) is 8.05. The largest absolute Gasteiger partial charge is 0.393 e. The summed E-state index contributed by atoms with van der Waals surface area (Å²) in [6.45, 7) is 7.41. The maximum absolute atomic E-state index is 12.8. The van der Waals surface area contributed by atoms with Crippen LogP contribution in [0.15, 0.2) is 11.1 Å². The van der Waals surface area contributed by atoms with Gasteiger partial charge in [0, 0.05) is 17.8 Å². The molecule has 1 aliphatic rings. The number of aryl methyl sites for hydroxylation is 2. The summed E-state index contributed by atoms with van der Waals surface area (Å²) in [5.74, 6) is 0.667. The lowest BCUT2D eigenvalue weighted by atomic mass is 9.72. The van der Waals surface area contributed by atoms with Crippen molar-refractivity contribution in [3.05, 3.63) is 27.1 Å². The van der Waals surface area contributed by atoms with Crippen LogP contribution in [0.5, 0.6) is 0 Å². The van der Waals surface area contributed by atoms with Gasteiger partial charge in [-0.1, -0.05) is 33.0 Å². The Labute approximate surface area is 145 Å². The molecule has 0 fully saturated rings. The first-order chi connectivity index (χ1) is 10.8. The van der Waals surface area contributed by atoms with E-state index in [2.05, 4.69) is 25.8 Å². The summed E-state index contributed by atoms with van der Waals surface area (Å²) in [5.41, 5.74) is 7.13. The predicted octanol–water partition coefficient (Wildman–Crippen LogP) is 3.29. The smallest absolute Gasteiger partial charge is 0.262 e. The van der Waals surface area contributed by atoms with Gasteiger partial charge in [0.25, 0.3) is 5.56 Å². The molecule has 0 aromatic carbocycles. The van der Waals surface area contributed by atoms with Crippen molar-refractivity contribution in [3.63, 3.8) is 0 Å². The van der Waals surface area contributed by atoms with Crippen molar-refractivity contribution in [1.82, 2.24) is 9.55 Å². The molecule has 1 unspecified atom stereocenters. The Morgan fingerprint density at radius 1 is 1.52 bits per heavy atom. The lowest BCUT2D eigenvalue weighted by Crippen LogP contribution is -2.27. The van der Waals surface area contributed by atoms with E-state index in [0.29, 0.717) is 29.3 Å². The van der Waals surface area contributed by atoms with Crippen LogP contribution in [0.4, 0.5) is 0 Å². The second-order valence-electron chi connectivity index (χ2n) is 7.45. The molecule has 0 saturated carbocycles. The van der Waals surface area contributed by atoms with Crippen LogP contribution in [0.1, 0.15) is 44.1 Å². The molecule has 1 atom stereocenters. The van der Waals surface area contributed by atoms with Gasteiger partial charge in [0.05, 0.1) is 16.7 Å². The van der Waals surface area contributed by atoms with E-state index in [0.717, 1.165) is 29.5 Å². The SMILES string of the molecule is CC(C)(C)C1CCc2c(sc3ncn(CCC(N)=S)c(=O)c23)C1. The Hall–Kier alpha value is -1.27. The number of hydrogen-bond acceptors (Lipinski definition) is 4. The summed E-state index contributed by atoms with van der Waals surface area (Å²) < 4.78 is 1.64. The summed E-state index contributed by atoms with van der Waals surface area (Å²) >= 11 is 6.60. The van der Waals surface area contributed by atoms with Crippen molar-refractivity contribution in [1.29, 1.82) is 0 Å². The van der Waals surface area contributed by atoms with E-state index >= 15 is 0 Å². The highest BCUT2D eigenvalue weighted by Crippen LogP contribution is 2.41. The second kappa shape index (κ2) is 5.98. The van der Waals surface area contributed by atoms with E-state index in [-0.39, 0.29) is 5.56 Å². The molecular weight excluding hydrogens is 326 g/mol. The van der Waals surface area contributed by atoms with Gasteiger partial charge in [0.2, 0.25) is 0 Å². The number of thiophene rings is 1. The summed E-state index contributed by atoms with van der Waals surface area (Å²) in [4.78, 5) is 20.0. The highest BCUT2D eigenvalue weighted by molar-refractivity contribution is 7.80. The number of nitrogens with zero attached hydrogens (tertiary/aromatic N) is 2. The standard InChI is InChI=1S/C17H23N3OS2/c1-17(2,3)10-4-5-11-12(8-10)23-15-14(11)16(21)20(9-19-15)7-6-13(18)22/h9-10H,4-8H2,1-3H3,(H2,18,22). The lowest BCUT2D eigenvalue weighted by Gasteiger charge is -2.33. The van der Waals surface area contributed by atoms with E-state index in [1.54, 1.807) is 22.2 Å². The number of hydrogen-bond donors (Lipinski definition) is 1. The maximum atomic E-state index is 12.8. The monoisotopic (exact) mass is 349 g/mol. The third-order valence-corrected chi connectivity index (χ3v) is 6.23. The summed E-state index contributed by atoms with van der Waals surface area (Å²) in [7, 11) is 0. The van der Waals surface area contributed by atoms with Crippen LogP contribution in [0, 0.1) is 11.3 Å². The molecule has 2 N–H and O–H groups in total. The van der Waals surface area contributed by atoms with Gasteiger partial charge in [-0.15, -0.1) is 11.3 Å². The van der Waals surface area contributed by atoms with Crippen molar-refractivity contribution in [2.75, 3.05) is 0 Å². The van der Waals surface area contributed by atoms with E-state index in [4.69, 9.17) is 18.0 Å². The zero-order chi connectivity index (χ0) is 16.8. The Kier molecular flexibility index (Phi) is 4.31. The molecule has 1 aliphatic carbocycles. The van der Waals surface area contributed by atoms with Gasteiger partial charge in [0.1, 0.15) is 4.83 Å². The molecule has 2 aromatic rings. The Morgan fingerprint density at radius 3 is 2.91 bits per heavy atom. The normalized spacial score (nSPS) is 18.1. The molecule has 4 nitrogen and oxygen atoms in total. The second-order valence-corrected chi connectivity index (χ2v) is 9.06. The number of fused-ring (bicyclic) bond motifs is 3. The number of nitrogens with two attached hydrogens (primary N) is 1. The molecule has 0 amide bonds. The Balaban J connectivity index is 2.01. The molecule has 3 rings (SSSR count). The maximum Gasteiger partial charge on any atom is 0.262 e. The number of thiocarbonyl (C=S) groups is 1. The third kappa shape index (κ3) is 3.19. The first-order valence-corrected chi connectivity index (χ1v) is 9.28. The Bertz CT molecular complexity index is 814. The molecule has 6 heteroatoms.